The van der Waals surface area contributed by atoms with Crippen molar-refractivity contribution >= 4 is 17.5 Å². The quantitative estimate of drug-likeness (QED) is 0.755. The average Bonchev–Trinajstić information content (AvgIpc) is 2.82. The van der Waals surface area contributed by atoms with Crippen molar-refractivity contribution in [1.29, 1.82) is 0 Å². The number of amides is 2. The fourth-order valence-electron chi connectivity index (χ4n) is 3.92. The van der Waals surface area contributed by atoms with Crippen LogP contribution >= 0.6 is 0 Å². The minimum Gasteiger partial charge on any atom is -0.485 e. The van der Waals surface area contributed by atoms with Crippen molar-refractivity contribution in [2.24, 2.45) is 0 Å². The number of anilines is 1. The highest BCUT2D eigenvalue weighted by Crippen LogP contribution is 2.35. The summed E-state index contributed by atoms with van der Waals surface area (Å²) in [7, 11) is 0. The third-order valence-electron chi connectivity index (χ3n) is 5.83. The SMILES string of the molecule is C[C@H](C(=O)Nc1ccccc1C(F)(F)F)N1CCN(C(=O)[C@H]2COc3ccccc3O2)CC1. The summed E-state index contributed by atoms with van der Waals surface area (Å²) in [6, 6.07) is 11.3. The van der Waals surface area contributed by atoms with Crippen LogP contribution < -0.4 is 14.8 Å². The largest absolute Gasteiger partial charge is 0.485 e. The first-order valence-corrected chi connectivity index (χ1v) is 10.6. The number of piperazine rings is 1. The number of carbonyl (C=O) groups excluding carboxylic acids is 2. The minimum atomic E-state index is -4.56. The van der Waals surface area contributed by atoms with Crippen molar-refractivity contribution in [3.8, 4) is 11.5 Å². The van der Waals surface area contributed by atoms with Crippen LogP contribution in [0.4, 0.5) is 18.9 Å². The topological polar surface area (TPSA) is 71.1 Å². The van der Waals surface area contributed by atoms with Gasteiger partial charge in [-0.15, -0.1) is 0 Å². The van der Waals surface area contributed by atoms with Gasteiger partial charge in [-0.05, 0) is 31.2 Å². The van der Waals surface area contributed by atoms with Crippen molar-refractivity contribution < 1.29 is 32.2 Å². The summed E-state index contributed by atoms with van der Waals surface area (Å²) >= 11 is 0. The molecule has 2 aliphatic heterocycles. The number of halogens is 3. The first kappa shape index (κ1) is 22.9. The molecule has 1 N–H and O–H groups in total. The highest BCUT2D eigenvalue weighted by atomic mass is 19.4. The summed E-state index contributed by atoms with van der Waals surface area (Å²) in [5.74, 6) is 0.385. The molecular formula is C23H24F3N3O4. The molecule has 2 aliphatic rings. The number of alkyl halides is 3. The van der Waals surface area contributed by atoms with Crippen LogP contribution in [0.25, 0.3) is 0 Å². The van der Waals surface area contributed by atoms with E-state index in [1.165, 1.54) is 18.2 Å². The molecule has 0 spiro atoms. The van der Waals surface area contributed by atoms with E-state index in [-0.39, 0.29) is 18.2 Å². The Hall–Kier alpha value is -3.27. The van der Waals surface area contributed by atoms with E-state index in [4.69, 9.17) is 9.47 Å². The van der Waals surface area contributed by atoms with Crippen molar-refractivity contribution in [1.82, 2.24) is 9.80 Å². The number of nitrogens with one attached hydrogen (secondary N) is 1. The molecule has 2 aromatic carbocycles. The summed E-state index contributed by atoms with van der Waals surface area (Å²) < 4.78 is 51.0. The van der Waals surface area contributed by atoms with Gasteiger partial charge in [-0.2, -0.15) is 13.2 Å². The van der Waals surface area contributed by atoms with Gasteiger partial charge in [-0.1, -0.05) is 24.3 Å². The number of nitrogens with zero attached hydrogens (tertiary/aromatic N) is 2. The van der Waals surface area contributed by atoms with Gasteiger partial charge in [0.2, 0.25) is 12.0 Å². The molecule has 0 aromatic heterocycles. The second kappa shape index (κ2) is 9.30. The highest BCUT2D eigenvalue weighted by molar-refractivity contribution is 5.95. The molecule has 0 aliphatic carbocycles. The maximum absolute atomic E-state index is 13.2. The molecule has 176 valence electrons. The zero-order valence-electron chi connectivity index (χ0n) is 18.0. The highest BCUT2D eigenvalue weighted by Gasteiger charge is 2.36. The molecule has 10 heteroatoms. The van der Waals surface area contributed by atoms with E-state index in [1.807, 2.05) is 11.0 Å². The third-order valence-corrected chi connectivity index (χ3v) is 5.83. The number of ether oxygens (including phenoxy) is 2. The van der Waals surface area contributed by atoms with Crippen LogP contribution in [-0.4, -0.2) is 66.5 Å². The Balaban J connectivity index is 1.32. The number of hydrogen-bond donors (Lipinski definition) is 1. The van der Waals surface area contributed by atoms with Crippen LogP contribution in [0.3, 0.4) is 0 Å². The summed E-state index contributed by atoms with van der Waals surface area (Å²) in [5.41, 5.74) is -1.16. The van der Waals surface area contributed by atoms with Crippen molar-refractivity contribution in [3.63, 3.8) is 0 Å². The number of para-hydroxylation sites is 3. The molecule has 2 heterocycles. The monoisotopic (exact) mass is 463 g/mol. The van der Waals surface area contributed by atoms with E-state index in [0.29, 0.717) is 37.7 Å². The lowest BCUT2D eigenvalue weighted by Crippen LogP contribution is -2.57. The van der Waals surface area contributed by atoms with Gasteiger partial charge in [0, 0.05) is 26.2 Å². The molecule has 1 saturated heterocycles. The number of rotatable bonds is 4. The van der Waals surface area contributed by atoms with Crippen LogP contribution in [0.2, 0.25) is 0 Å². The van der Waals surface area contributed by atoms with E-state index < -0.39 is 29.8 Å². The fraction of sp³-hybridized carbons (Fsp3) is 0.391. The van der Waals surface area contributed by atoms with Gasteiger partial charge in [0.05, 0.1) is 17.3 Å². The maximum atomic E-state index is 13.2. The first-order valence-electron chi connectivity index (χ1n) is 10.6. The summed E-state index contributed by atoms with van der Waals surface area (Å²) in [6.07, 6.45) is -5.31. The van der Waals surface area contributed by atoms with Gasteiger partial charge >= 0.3 is 6.18 Å². The van der Waals surface area contributed by atoms with Crippen LogP contribution in [0.1, 0.15) is 12.5 Å². The molecule has 0 radical (unpaired) electrons. The molecular weight excluding hydrogens is 439 g/mol. The molecule has 2 aromatic rings. The number of hydrogen-bond acceptors (Lipinski definition) is 5. The predicted octanol–water partition coefficient (Wildman–Crippen LogP) is 3.02. The Bertz CT molecular complexity index is 1020. The molecule has 4 rings (SSSR count). The summed E-state index contributed by atoms with van der Waals surface area (Å²) in [6.45, 7) is 3.32. The first-order chi connectivity index (χ1) is 15.7. The van der Waals surface area contributed by atoms with Crippen molar-refractivity contribution in [2.75, 3.05) is 38.1 Å². The maximum Gasteiger partial charge on any atom is 0.418 e. The second-order valence-corrected chi connectivity index (χ2v) is 7.93. The van der Waals surface area contributed by atoms with Gasteiger partial charge in [-0.25, -0.2) is 0 Å². The zero-order chi connectivity index (χ0) is 23.6. The summed E-state index contributed by atoms with van der Waals surface area (Å²) in [4.78, 5) is 29.0. The van der Waals surface area contributed by atoms with Crippen LogP contribution in [0, 0.1) is 0 Å². The van der Waals surface area contributed by atoms with Crippen LogP contribution in [-0.2, 0) is 15.8 Å². The molecule has 2 atom stereocenters. The van der Waals surface area contributed by atoms with Crippen molar-refractivity contribution in [3.05, 3.63) is 54.1 Å². The van der Waals surface area contributed by atoms with Gasteiger partial charge in [0.15, 0.2) is 11.5 Å². The Morgan fingerprint density at radius 3 is 2.33 bits per heavy atom. The van der Waals surface area contributed by atoms with E-state index in [9.17, 15) is 22.8 Å². The number of benzene rings is 2. The molecule has 0 bridgehead atoms. The Morgan fingerprint density at radius 2 is 1.64 bits per heavy atom. The second-order valence-electron chi connectivity index (χ2n) is 7.93. The lowest BCUT2D eigenvalue weighted by Gasteiger charge is -2.39. The lowest BCUT2D eigenvalue weighted by atomic mass is 10.1. The van der Waals surface area contributed by atoms with E-state index in [1.54, 1.807) is 30.0 Å². The van der Waals surface area contributed by atoms with Crippen molar-refractivity contribution in [2.45, 2.75) is 25.2 Å². The molecule has 0 saturated carbocycles. The Kier molecular flexibility index (Phi) is 6.46. The Labute approximate surface area is 189 Å². The standard InChI is InChI=1S/C23H24F3N3O4/c1-15(21(30)27-17-7-3-2-6-16(17)23(24,25)26)28-10-12-29(13-11-28)22(31)20-14-32-18-8-4-5-9-19(18)33-20/h2-9,15,20H,10-14H2,1H3,(H,27,30)/t15-,20-/m1/s1. The van der Waals surface area contributed by atoms with Gasteiger partial charge in [0.1, 0.15) is 6.61 Å². The fourth-order valence-corrected chi connectivity index (χ4v) is 3.92. The zero-order valence-corrected chi connectivity index (χ0v) is 18.0. The van der Waals surface area contributed by atoms with Gasteiger partial charge < -0.3 is 19.7 Å². The number of carbonyl (C=O) groups is 2. The lowest BCUT2D eigenvalue weighted by molar-refractivity contribution is -0.143. The van der Waals surface area contributed by atoms with E-state index >= 15 is 0 Å². The van der Waals surface area contributed by atoms with Crippen LogP contribution in [0.5, 0.6) is 11.5 Å². The normalized spacial score (nSPS) is 19.6. The number of fused-ring (bicyclic) bond motifs is 1. The van der Waals surface area contributed by atoms with E-state index in [0.717, 1.165) is 6.07 Å². The molecule has 1 fully saturated rings. The third kappa shape index (κ3) is 5.05. The van der Waals surface area contributed by atoms with Gasteiger partial charge in [0.25, 0.3) is 5.91 Å². The molecule has 7 nitrogen and oxygen atoms in total. The van der Waals surface area contributed by atoms with Gasteiger partial charge in [-0.3, -0.25) is 14.5 Å². The minimum absolute atomic E-state index is 0.119. The molecule has 33 heavy (non-hydrogen) atoms. The summed E-state index contributed by atoms with van der Waals surface area (Å²) in [5, 5.41) is 2.39. The van der Waals surface area contributed by atoms with Crippen LogP contribution in [0.15, 0.2) is 48.5 Å². The smallest absolute Gasteiger partial charge is 0.418 e. The average molecular weight is 463 g/mol. The predicted molar refractivity (Wildman–Crippen MR) is 114 cm³/mol. The molecule has 2 amide bonds. The molecule has 0 unspecified atom stereocenters. The Morgan fingerprint density at radius 1 is 1.00 bits per heavy atom. The van der Waals surface area contributed by atoms with E-state index in [2.05, 4.69) is 5.32 Å².